The van der Waals surface area contributed by atoms with Crippen LogP contribution >= 0.6 is 11.3 Å². The second kappa shape index (κ2) is 10.5. The van der Waals surface area contributed by atoms with Gasteiger partial charge in [-0.3, -0.25) is 9.69 Å². The summed E-state index contributed by atoms with van der Waals surface area (Å²) < 4.78 is 28.0. The molecule has 0 radical (unpaired) electrons. The number of hydrogen-bond donors (Lipinski definition) is 0. The lowest BCUT2D eigenvalue weighted by Gasteiger charge is -2.21. The van der Waals surface area contributed by atoms with Crippen LogP contribution in [0, 0.1) is 0 Å². The lowest BCUT2D eigenvalue weighted by molar-refractivity contribution is 0.0985. The Balaban J connectivity index is 1.65. The molecule has 0 aliphatic rings. The minimum Gasteiger partial charge on any atom is -0.279 e. The van der Waals surface area contributed by atoms with E-state index in [-0.39, 0.29) is 10.8 Å². The van der Waals surface area contributed by atoms with Crippen molar-refractivity contribution in [2.45, 2.75) is 31.2 Å². The molecule has 4 rings (SSSR count). The minimum absolute atomic E-state index is 0.178. The Morgan fingerprint density at radius 2 is 1.62 bits per heavy atom. The van der Waals surface area contributed by atoms with Gasteiger partial charge in [-0.2, -0.15) is 0 Å². The van der Waals surface area contributed by atoms with Crippen LogP contribution in [0.3, 0.4) is 0 Å². The Morgan fingerprint density at radius 1 is 0.941 bits per heavy atom. The SMILES string of the molecule is CCCCN(C)S(=O)(=O)c1ccc(C(=O)N(Cc2ccccc2)c2nc3ccccc3s2)cc1. The zero-order valence-corrected chi connectivity index (χ0v) is 20.8. The molecule has 3 aromatic carbocycles. The average molecular weight is 494 g/mol. The number of thiazole rings is 1. The molecule has 0 aliphatic carbocycles. The number of sulfonamides is 1. The van der Waals surface area contributed by atoms with Gasteiger partial charge in [-0.25, -0.2) is 17.7 Å². The number of amides is 1. The maximum Gasteiger partial charge on any atom is 0.260 e. The predicted molar refractivity (Wildman–Crippen MR) is 138 cm³/mol. The summed E-state index contributed by atoms with van der Waals surface area (Å²) in [5.41, 5.74) is 2.22. The zero-order chi connectivity index (χ0) is 24.1. The predicted octanol–water partition coefficient (Wildman–Crippen LogP) is 5.56. The highest BCUT2D eigenvalue weighted by atomic mass is 32.2. The van der Waals surface area contributed by atoms with Crippen molar-refractivity contribution in [3.8, 4) is 0 Å². The Labute approximate surface area is 204 Å². The molecule has 0 fully saturated rings. The highest BCUT2D eigenvalue weighted by Gasteiger charge is 2.24. The molecule has 1 heterocycles. The van der Waals surface area contributed by atoms with Crippen LogP contribution in [0.15, 0.2) is 83.8 Å². The number of rotatable bonds is 9. The molecule has 0 saturated heterocycles. The Kier molecular flexibility index (Phi) is 7.41. The van der Waals surface area contributed by atoms with Gasteiger partial charge in [-0.05, 0) is 48.4 Å². The second-order valence-electron chi connectivity index (χ2n) is 8.05. The summed E-state index contributed by atoms with van der Waals surface area (Å²) in [6.45, 7) is 2.84. The van der Waals surface area contributed by atoms with Gasteiger partial charge in [0.1, 0.15) is 0 Å². The summed E-state index contributed by atoms with van der Waals surface area (Å²) >= 11 is 1.46. The normalized spacial score (nSPS) is 11.7. The molecule has 1 amide bonds. The summed E-state index contributed by atoms with van der Waals surface area (Å²) in [7, 11) is -2.01. The maximum absolute atomic E-state index is 13.6. The quantitative estimate of drug-likeness (QED) is 0.306. The van der Waals surface area contributed by atoms with Crippen LogP contribution in [0.5, 0.6) is 0 Å². The number of nitrogens with zero attached hydrogens (tertiary/aromatic N) is 3. The van der Waals surface area contributed by atoms with Crippen LogP contribution in [-0.4, -0.2) is 37.2 Å². The standard InChI is InChI=1S/C26H27N3O3S2/c1-3-4-18-28(2)34(31,32)22-16-14-21(15-17-22)25(30)29(19-20-10-6-5-7-11-20)26-27-23-12-8-9-13-24(23)33-26/h5-17H,3-4,18-19H2,1-2H3. The molecule has 0 N–H and O–H groups in total. The van der Waals surface area contributed by atoms with Crippen molar-refractivity contribution in [3.63, 3.8) is 0 Å². The van der Waals surface area contributed by atoms with Crippen LogP contribution in [0.1, 0.15) is 35.7 Å². The first-order valence-corrected chi connectivity index (χ1v) is 13.4. The summed E-state index contributed by atoms with van der Waals surface area (Å²) in [5, 5.41) is 0.603. The van der Waals surface area contributed by atoms with Crippen LogP contribution in [0.25, 0.3) is 10.2 Å². The Hall–Kier alpha value is -3.07. The fourth-order valence-electron chi connectivity index (χ4n) is 3.57. The molecular weight excluding hydrogens is 466 g/mol. The largest absolute Gasteiger partial charge is 0.279 e. The van der Waals surface area contributed by atoms with Gasteiger partial charge in [0, 0.05) is 19.2 Å². The first-order chi connectivity index (χ1) is 16.4. The molecule has 0 bridgehead atoms. The average Bonchev–Trinajstić information content (AvgIpc) is 3.30. The van der Waals surface area contributed by atoms with Gasteiger partial charge in [0.15, 0.2) is 5.13 Å². The van der Waals surface area contributed by atoms with E-state index in [2.05, 4.69) is 4.98 Å². The van der Waals surface area contributed by atoms with Gasteiger partial charge in [-0.1, -0.05) is 67.1 Å². The van der Waals surface area contributed by atoms with Gasteiger partial charge in [0.05, 0.1) is 21.7 Å². The van der Waals surface area contributed by atoms with Crippen LogP contribution in [-0.2, 0) is 16.6 Å². The summed E-state index contributed by atoms with van der Waals surface area (Å²) in [4.78, 5) is 20.1. The molecule has 6 nitrogen and oxygen atoms in total. The molecule has 1 aromatic heterocycles. The van der Waals surface area contributed by atoms with E-state index in [0.717, 1.165) is 28.6 Å². The molecule has 176 valence electrons. The molecule has 0 atom stereocenters. The van der Waals surface area contributed by atoms with E-state index in [1.165, 1.54) is 27.8 Å². The van der Waals surface area contributed by atoms with E-state index in [1.54, 1.807) is 24.1 Å². The molecule has 0 unspecified atom stereocenters. The number of carbonyl (C=O) groups excluding carboxylic acids is 1. The van der Waals surface area contributed by atoms with Crippen LogP contribution in [0.4, 0.5) is 5.13 Å². The van der Waals surface area contributed by atoms with Crippen molar-refractivity contribution in [2.24, 2.45) is 0 Å². The van der Waals surface area contributed by atoms with E-state index < -0.39 is 10.0 Å². The number of benzene rings is 3. The number of hydrogen-bond acceptors (Lipinski definition) is 5. The number of unbranched alkanes of at least 4 members (excludes halogenated alkanes) is 1. The third-order valence-electron chi connectivity index (χ3n) is 5.58. The van der Waals surface area contributed by atoms with Gasteiger partial charge in [0.2, 0.25) is 10.0 Å². The fourth-order valence-corrected chi connectivity index (χ4v) is 5.75. The van der Waals surface area contributed by atoms with Crippen molar-refractivity contribution < 1.29 is 13.2 Å². The monoisotopic (exact) mass is 493 g/mol. The number of carbonyl (C=O) groups is 1. The fraction of sp³-hybridized carbons (Fsp3) is 0.231. The molecule has 34 heavy (non-hydrogen) atoms. The Morgan fingerprint density at radius 3 is 2.29 bits per heavy atom. The van der Waals surface area contributed by atoms with E-state index in [1.807, 2.05) is 61.5 Å². The number of fused-ring (bicyclic) bond motifs is 1. The van der Waals surface area contributed by atoms with Crippen molar-refractivity contribution in [1.82, 2.24) is 9.29 Å². The highest BCUT2D eigenvalue weighted by molar-refractivity contribution is 7.89. The highest BCUT2D eigenvalue weighted by Crippen LogP contribution is 2.31. The molecule has 0 spiro atoms. The minimum atomic E-state index is -3.59. The summed E-state index contributed by atoms with van der Waals surface area (Å²) in [6.07, 6.45) is 1.71. The molecule has 0 aliphatic heterocycles. The smallest absolute Gasteiger partial charge is 0.260 e. The van der Waals surface area contributed by atoms with Gasteiger partial charge in [0.25, 0.3) is 5.91 Å². The van der Waals surface area contributed by atoms with E-state index in [0.29, 0.717) is 23.8 Å². The molecule has 4 aromatic rings. The molecular formula is C26H27N3O3S2. The van der Waals surface area contributed by atoms with Gasteiger partial charge < -0.3 is 0 Å². The van der Waals surface area contributed by atoms with E-state index in [4.69, 9.17) is 0 Å². The lowest BCUT2D eigenvalue weighted by atomic mass is 10.1. The van der Waals surface area contributed by atoms with Crippen molar-refractivity contribution >= 4 is 42.6 Å². The van der Waals surface area contributed by atoms with Gasteiger partial charge >= 0.3 is 0 Å². The lowest BCUT2D eigenvalue weighted by Crippen LogP contribution is -2.30. The number of anilines is 1. The summed E-state index contributed by atoms with van der Waals surface area (Å²) in [5.74, 6) is -0.230. The van der Waals surface area contributed by atoms with Crippen molar-refractivity contribution in [1.29, 1.82) is 0 Å². The first-order valence-electron chi connectivity index (χ1n) is 11.2. The second-order valence-corrected chi connectivity index (χ2v) is 11.1. The van der Waals surface area contributed by atoms with Crippen LogP contribution < -0.4 is 4.90 Å². The van der Waals surface area contributed by atoms with Crippen molar-refractivity contribution in [2.75, 3.05) is 18.5 Å². The number of aromatic nitrogens is 1. The molecule has 8 heteroatoms. The first kappa shape index (κ1) is 24.1. The Bertz CT molecular complexity index is 1330. The summed E-state index contributed by atoms with van der Waals surface area (Å²) in [6, 6.07) is 23.7. The third-order valence-corrected chi connectivity index (χ3v) is 8.51. The van der Waals surface area contributed by atoms with Crippen molar-refractivity contribution in [3.05, 3.63) is 90.0 Å². The number of para-hydroxylation sites is 1. The van der Waals surface area contributed by atoms with E-state index >= 15 is 0 Å². The maximum atomic E-state index is 13.6. The topological polar surface area (TPSA) is 70.6 Å². The third kappa shape index (κ3) is 5.19. The van der Waals surface area contributed by atoms with Crippen LogP contribution in [0.2, 0.25) is 0 Å². The van der Waals surface area contributed by atoms with E-state index in [9.17, 15) is 13.2 Å². The van der Waals surface area contributed by atoms with Gasteiger partial charge in [-0.15, -0.1) is 0 Å². The molecule has 0 saturated carbocycles. The zero-order valence-electron chi connectivity index (χ0n) is 19.2.